The van der Waals surface area contributed by atoms with Gasteiger partial charge >= 0.3 is 0 Å². The summed E-state index contributed by atoms with van der Waals surface area (Å²) in [5, 5.41) is 0. The molecule has 2 rings (SSSR count). The van der Waals surface area contributed by atoms with Crippen LogP contribution in [0, 0.1) is 11.8 Å². The number of nitrogens with two attached hydrogens (primary N) is 1. The lowest BCUT2D eigenvalue weighted by atomic mass is 9.86. The van der Waals surface area contributed by atoms with Crippen LogP contribution in [0.15, 0.2) is 24.3 Å². The second-order valence-corrected chi connectivity index (χ2v) is 5.84. The molecule has 0 saturated heterocycles. The van der Waals surface area contributed by atoms with Crippen LogP contribution in [-0.4, -0.2) is 6.10 Å². The largest absolute Gasteiger partial charge is 0.491 e. The van der Waals surface area contributed by atoms with Gasteiger partial charge in [0.2, 0.25) is 0 Å². The van der Waals surface area contributed by atoms with Crippen LogP contribution in [0.5, 0.6) is 5.75 Å². The third-order valence-electron chi connectivity index (χ3n) is 4.00. The maximum atomic E-state index is 6.43. The minimum atomic E-state index is 0.151. The molecule has 2 N–H and O–H groups in total. The van der Waals surface area contributed by atoms with E-state index in [0.717, 1.165) is 11.7 Å². The van der Waals surface area contributed by atoms with E-state index in [1.54, 1.807) is 0 Å². The van der Waals surface area contributed by atoms with E-state index in [1.807, 2.05) is 26.0 Å². The summed E-state index contributed by atoms with van der Waals surface area (Å²) >= 11 is 0. The van der Waals surface area contributed by atoms with Gasteiger partial charge in [-0.25, -0.2) is 0 Å². The van der Waals surface area contributed by atoms with Gasteiger partial charge in [0.15, 0.2) is 0 Å². The van der Waals surface area contributed by atoms with Crippen molar-refractivity contribution in [1.82, 2.24) is 0 Å². The fourth-order valence-corrected chi connectivity index (χ4v) is 3.02. The second-order valence-electron chi connectivity index (χ2n) is 5.84. The Hall–Kier alpha value is -1.02. The molecule has 1 aromatic carbocycles. The summed E-state index contributed by atoms with van der Waals surface area (Å²) in [7, 11) is 0. The highest BCUT2D eigenvalue weighted by Gasteiger charge is 2.29. The van der Waals surface area contributed by atoms with Gasteiger partial charge in [-0.3, -0.25) is 0 Å². The lowest BCUT2D eigenvalue weighted by Crippen LogP contribution is -2.23. The van der Waals surface area contributed by atoms with Gasteiger partial charge in [-0.1, -0.05) is 31.9 Å². The van der Waals surface area contributed by atoms with Gasteiger partial charge in [0.05, 0.1) is 6.10 Å². The monoisotopic (exact) mass is 247 g/mol. The molecule has 3 unspecified atom stereocenters. The Morgan fingerprint density at radius 1 is 1.28 bits per heavy atom. The lowest BCUT2D eigenvalue weighted by Gasteiger charge is -2.24. The van der Waals surface area contributed by atoms with Crippen LogP contribution in [0.1, 0.15) is 51.6 Å². The molecule has 1 aromatic rings. The number of hydrogen-bond acceptors (Lipinski definition) is 2. The summed E-state index contributed by atoms with van der Waals surface area (Å²) in [5.74, 6) is 2.30. The summed E-state index contributed by atoms with van der Waals surface area (Å²) in [5.41, 5.74) is 7.65. The van der Waals surface area contributed by atoms with Crippen LogP contribution in [0.2, 0.25) is 0 Å². The zero-order chi connectivity index (χ0) is 13.1. The first kappa shape index (κ1) is 13.4. The predicted molar refractivity (Wildman–Crippen MR) is 75.6 cm³/mol. The molecule has 2 heteroatoms. The summed E-state index contributed by atoms with van der Waals surface area (Å²) in [6.45, 7) is 6.42. The van der Waals surface area contributed by atoms with Crippen molar-refractivity contribution in [2.24, 2.45) is 17.6 Å². The predicted octanol–water partition coefficient (Wildman–Crippen LogP) is 3.91. The molecule has 100 valence electrons. The molecule has 1 saturated carbocycles. The van der Waals surface area contributed by atoms with E-state index in [0.29, 0.717) is 5.92 Å². The van der Waals surface area contributed by atoms with Crippen molar-refractivity contribution in [1.29, 1.82) is 0 Å². The van der Waals surface area contributed by atoms with E-state index in [9.17, 15) is 0 Å². The Morgan fingerprint density at radius 3 is 2.67 bits per heavy atom. The smallest absolute Gasteiger partial charge is 0.120 e. The topological polar surface area (TPSA) is 35.2 Å². The molecule has 0 aromatic heterocycles. The molecule has 0 aliphatic heterocycles. The first-order valence-corrected chi connectivity index (χ1v) is 7.10. The molecule has 2 nitrogen and oxygen atoms in total. The summed E-state index contributed by atoms with van der Waals surface area (Å²) in [6.07, 6.45) is 4.11. The average Bonchev–Trinajstić information content (AvgIpc) is 2.74. The van der Waals surface area contributed by atoms with Crippen molar-refractivity contribution >= 4 is 0 Å². The molecule has 3 atom stereocenters. The molecule has 1 aliphatic rings. The number of benzene rings is 1. The van der Waals surface area contributed by atoms with Crippen molar-refractivity contribution in [3.8, 4) is 5.75 Å². The molecule has 0 spiro atoms. The molecule has 0 amide bonds. The van der Waals surface area contributed by atoms with E-state index in [2.05, 4.69) is 19.1 Å². The van der Waals surface area contributed by atoms with Gasteiger partial charge in [-0.05, 0) is 49.8 Å². The molecule has 0 bridgehead atoms. The van der Waals surface area contributed by atoms with E-state index < -0.39 is 0 Å². The van der Waals surface area contributed by atoms with E-state index in [-0.39, 0.29) is 12.1 Å². The minimum absolute atomic E-state index is 0.151. The second kappa shape index (κ2) is 5.75. The lowest BCUT2D eigenvalue weighted by molar-refractivity contribution is 0.241. The molecule has 0 heterocycles. The Balaban J connectivity index is 2.12. The zero-order valence-electron chi connectivity index (χ0n) is 11.7. The summed E-state index contributed by atoms with van der Waals surface area (Å²) in [4.78, 5) is 0. The maximum absolute atomic E-state index is 6.43. The highest BCUT2D eigenvalue weighted by Crippen LogP contribution is 2.39. The third kappa shape index (κ3) is 3.05. The highest BCUT2D eigenvalue weighted by atomic mass is 16.5. The molecular formula is C16H25NO. The summed E-state index contributed by atoms with van der Waals surface area (Å²) < 4.78 is 5.74. The van der Waals surface area contributed by atoms with Crippen molar-refractivity contribution < 1.29 is 4.74 Å². The van der Waals surface area contributed by atoms with E-state index in [4.69, 9.17) is 10.5 Å². The van der Waals surface area contributed by atoms with Gasteiger partial charge in [0.25, 0.3) is 0 Å². The van der Waals surface area contributed by atoms with Gasteiger partial charge in [-0.15, -0.1) is 0 Å². The number of hydrogen-bond donors (Lipinski definition) is 1. The van der Waals surface area contributed by atoms with Gasteiger partial charge in [0, 0.05) is 6.04 Å². The Bertz CT molecular complexity index is 388. The maximum Gasteiger partial charge on any atom is 0.120 e. The van der Waals surface area contributed by atoms with Crippen LogP contribution in [0.3, 0.4) is 0 Å². The first-order valence-electron chi connectivity index (χ1n) is 7.10. The number of ether oxygens (including phenoxy) is 1. The van der Waals surface area contributed by atoms with Crippen molar-refractivity contribution in [3.05, 3.63) is 29.8 Å². The summed E-state index contributed by atoms with van der Waals surface area (Å²) in [6, 6.07) is 8.44. The Labute approximate surface area is 111 Å². The fraction of sp³-hybridized carbons (Fsp3) is 0.625. The third-order valence-corrected chi connectivity index (χ3v) is 4.00. The Morgan fingerprint density at radius 2 is 2.06 bits per heavy atom. The van der Waals surface area contributed by atoms with Crippen LogP contribution < -0.4 is 10.5 Å². The van der Waals surface area contributed by atoms with Crippen molar-refractivity contribution in [2.45, 2.75) is 52.2 Å². The normalized spacial score (nSPS) is 25.4. The minimum Gasteiger partial charge on any atom is -0.491 e. The molecule has 1 fully saturated rings. The quantitative estimate of drug-likeness (QED) is 0.875. The molecule has 18 heavy (non-hydrogen) atoms. The fourth-order valence-electron chi connectivity index (χ4n) is 3.02. The van der Waals surface area contributed by atoms with Crippen molar-refractivity contribution in [3.63, 3.8) is 0 Å². The molecule has 1 aliphatic carbocycles. The van der Waals surface area contributed by atoms with Crippen LogP contribution in [0.4, 0.5) is 0 Å². The Kier molecular flexibility index (Phi) is 4.28. The standard InChI is InChI=1S/C16H25NO/c1-11(2)18-14-8-5-7-13(10-14)16(17)15-9-4-6-12(15)3/h5,7-8,10-12,15-16H,4,6,9,17H2,1-3H3. The highest BCUT2D eigenvalue weighted by molar-refractivity contribution is 5.31. The first-order chi connectivity index (χ1) is 8.58. The van der Waals surface area contributed by atoms with Crippen LogP contribution in [0.25, 0.3) is 0 Å². The molecular weight excluding hydrogens is 222 g/mol. The van der Waals surface area contributed by atoms with Crippen molar-refractivity contribution in [2.75, 3.05) is 0 Å². The van der Waals surface area contributed by atoms with Crippen LogP contribution in [-0.2, 0) is 0 Å². The SMILES string of the molecule is CC(C)Oc1cccc(C(N)C2CCCC2C)c1. The zero-order valence-corrected chi connectivity index (χ0v) is 11.7. The van der Waals surface area contributed by atoms with Crippen LogP contribution >= 0.6 is 0 Å². The number of rotatable bonds is 4. The van der Waals surface area contributed by atoms with Gasteiger partial charge in [-0.2, -0.15) is 0 Å². The van der Waals surface area contributed by atoms with E-state index >= 15 is 0 Å². The van der Waals surface area contributed by atoms with Gasteiger partial charge < -0.3 is 10.5 Å². The van der Waals surface area contributed by atoms with E-state index in [1.165, 1.54) is 24.8 Å². The molecule has 0 radical (unpaired) electrons. The van der Waals surface area contributed by atoms with Gasteiger partial charge in [0.1, 0.15) is 5.75 Å². The average molecular weight is 247 g/mol.